The Balaban J connectivity index is 2.28. The minimum atomic E-state index is 0.365. The zero-order valence-corrected chi connectivity index (χ0v) is 5.31. The first-order valence-corrected chi connectivity index (χ1v) is 3.33. The third kappa shape index (κ3) is 1.20. The fourth-order valence-corrected chi connectivity index (χ4v) is 1.16. The topological polar surface area (TPSA) is 27.5 Å². The maximum absolute atomic E-state index is 10.8. The number of hydrogen-bond donors (Lipinski definition) is 1. The van der Waals surface area contributed by atoms with Gasteiger partial charge in [0.2, 0.25) is 0 Å². The molecule has 1 N–H and O–H groups in total. The van der Waals surface area contributed by atoms with Crippen LogP contribution in [0.5, 0.6) is 0 Å². The van der Waals surface area contributed by atoms with Crippen LogP contribution in [-0.2, 0) is 0 Å². The summed E-state index contributed by atoms with van der Waals surface area (Å²) >= 11 is 0. The Bertz CT molecular complexity index is 64.9. The highest BCUT2D eigenvalue weighted by molar-refractivity contribution is 4.54. The van der Waals surface area contributed by atoms with Gasteiger partial charge in [-0.2, -0.15) is 0 Å². The molecule has 1 heterocycles. The van der Waals surface area contributed by atoms with Crippen LogP contribution in [0.25, 0.3) is 0 Å². The van der Waals surface area contributed by atoms with Gasteiger partial charge in [-0.15, -0.1) is 0 Å². The lowest BCUT2D eigenvalue weighted by Gasteiger charge is -2.32. The van der Waals surface area contributed by atoms with E-state index in [0.29, 0.717) is 11.1 Å². The van der Waals surface area contributed by atoms with Gasteiger partial charge in [0, 0.05) is 0 Å². The van der Waals surface area contributed by atoms with Crippen molar-refractivity contribution in [1.29, 1.82) is 0 Å². The fourth-order valence-electron chi connectivity index (χ4n) is 1.16. The first-order chi connectivity index (χ1) is 3.80. The summed E-state index contributed by atoms with van der Waals surface area (Å²) in [6.07, 6.45) is 3.51. The molecule has 0 bridgehead atoms. The Kier molecular flexibility index (Phi) is 1.86. The van der Waals surface area contributed by atoms with Crippen molar-refractivity contribution in [1.82, 2.24) is 0 Å². The third-order valence-corrected chi connectivity index (χ3v) is 1.86. The van der Waals surface area contributed by atoms with Crippen LogP contribution >= 0.6 is 0 Å². The van der Waals surface area contributed by atoms with E-state index < -0.39 is 0 Å². The quantitative estimate of drug-likeness (QED) is 0.440. The van der Waals surface area contributed by atoms with E-state index in [4.69, 9.17) is 0 Å². The molecule has 0 aromatic carbocycles. The summed E-state index contributed by atoms with van der Waals surface area (Å²) in [5.74, 6) is 0. The van der Waals surface area contributed by atoms with E-state index in [1.165, 1.54) is 6.42 Å². The van der Waals surface area contributed by atoms with Gasteiger partial charge in [-0.25, -0.2) is 0 Å². The summed E-state index contributed by atoms with van der Waals surface area (Å²) in [4.78, 5) is 0. The number of piperidine rings is 1. The highest BCUT2D eigenvalue weighted by Crippen LogP contribution is 2.00. The molecule has 48 valence electrons. The monoisotopic (exact) mass is 115 g/mol. The number of nitrogens with one attached hydrogen (secondary N) is 1. The molecular weight excluding hydrogens is 102 g/mol. The van der Waals surface area contributed by atoms with Crippen LogP contribution in [0.2, 0.25) is 0 Å². The van der Waals surface area contributed by atoms with Crippen molar-refractivity contribution >= 4 is 0 Å². The predicted octanol–water partition coefficient (Wildman–Crippen LogP) is -0.0585. The van der Waals surface area contributed by atoms with Crippen molar-refractivity contribution < 1.29 is 5.06 Å². The highest BCUT2D eigenvalue weighted by Gasteiger charge is 2.13. The van der Waals surface area contributed by atoms with Crippen LogP contribution in [0.4, 0.5) is 0 Å². The van der Waals surface area contributed by atoms with Crippen molar-refractivity contribution in [2.75, 3.05) is 6.54 Å². The smallest absolute Gasteiger partial charge is 0.0843 e. The average Bonchev–Trinajstić information content (AvgIpc) is 1.77. The van der Waals surface area contributed by atoms with Crippen molar-refractivity contribution in [3.63, 3.8) is 0 Å². The van der Waals surface area contributed by atoms with E-state index in [9.17, 15) is 5.21 Å². The Hall–Kier alpha value is -0.0800. The van der Waals surface area contributed by atoms with Crippen LogP contribution in [-0.4, -0.2) is 12.6 Å². The first kappa shape index (κ1) is 6.05. The highest BCUT2D eigenvalue weighted by atomic mass is 16.5. The van der Waals surface area contributed by atoms with Crippen molar-refractivity contribution in [3.8, 4) is 0 Å². The van der Waals surface area contributed by atoms with Gasteiger partial charge in [-0.05, 0) is 26.2 Å². The molecule has 2 atom stereocenters. The second-order valence-corrected chi connectivity index (χ2v) is 2.61. The van der Waals surface area contributed by atoms with Crippen LogP contribution in [0.3, 0.4) is 0 Å². The zero-order chi connectivity index (χ0) is 5.98. The van der Waals surface area contributed by atoms with E-state index in [1.54, 1.807) is 0 Å². The normalized spacial score (nSPS) is 39.8. The Morgan fingerprint density at radius 3 is 2.62 bits per heavy atom. The Morgan fingerprint density at radius 2 is 2.25 bits per heavy atom. The third-order valence-electron chi connectivity index (χ3n) is 1.86. The SMILES string of the molecule is CC1CCCC[NH+]1[O-]. The van der Waals surface area contributed by atoms with E-state index in [1.807, 2.05) is 6.92 Å². The Morgan fingerprint density at radius 1 is 1.50 bits per heavy atom. The molecule has 1 saturated heterocycles. The standard InChI is InChI=1S/C6H13NO/c1-6-4-2-3-5-7(6)8/h6-7H,2-5H2,1H3. The second-order valence-electron chi connectivity index (χ2n) is 2.61. The van der Waals surface area contributed by atoms with Gasteiger partial charge >= 0.3 is 0 Å². The molecule has 0 aromatic rings. The maximum atomic E-state index is 10.8. The molecule has 8 heavy (non-hydrogen) atoms. The van der Waals surface area contributed by atoms with Gasteiger partial charge in [0.25, 0.3) is 0 Å². The van der Waals surface area contributed by atoms with Crippen LogP contribution in [0.1, 0.15) is 26.2 Å². The van der Waals surface area contributed by atoms with Gasteiger partial charge in [-0.3, -0.25) is 0 Å². The molecule has 0 spiro atoms. The lowest BCUT2D eigenvalue weighted by Crippen LogP contribution is -3.11. The van der Waals surface area contributed by atoms with Crippen LogP contribution < -0.4 is 5.06 Å². The molecule has 0 aliphatic carbocycles. The van der Waals surface area contributed by atoms with Crippen molar-refractivity contribution in [3.05, 3.63) is 5.21 Å². The lowest BCUT2D eigenvalue weighted by molar-refractivity contribution is -0.879. The van der Waals surface area contributed by atoms with Gasteiger partial charge in [-0.1, -0.05) is 0 Å². The van der Waals surface area contributed by atoms with Crippen molar-refractivity contribution in [2.45, 2.75) is 32.2 Å². The second kappa shape index (κ2) is 2.46. The van der Waals surface area contributed by atoms with Gasteiger partial charge in [0.05, 0.1) is 12.6 Å². The largest absolute Gasteiger partial charge is 0.634 e. The fraction of sp³-hybridized carbons (Fsp3) is 1.00. The van der Waals surface area contributed by atoms with Crippen LogP contribution in [0, 0.1) is 5.21 Å². The van der Waals surface area contributed by atoms with E-state index in [2.05, 4.69) is 0 Å². The molecule has 2 heteroatoms. The van der Waals surface area contributed by atoms with Gasteiger partial charge in [0.1, 0.15) is 0 Å². The van der Waals surface area contributed by atoms with Gasteiger partial charge < -0.3 is 10.3 Å². The summed E-state index contributed by atoms with van der Waals surface area (Å²) in [7, 11) is 0. The molecule has 1 rings (SSSR count). The molecule has 1 aliphatic rings. The zero-order valence-electron chi connectivity index (χ0n) is 5.31. The molecular formula is C6H13NO. The van der Waals surface area contributed by atoms with Crippen LogP contribution in [0.15, 0.2) is 0 Å². The Labute approximate surface area is 50.1 Å². The molecule has 1 aliphatic heterocycles. The molecule has 2 unspecified atom stereocenters. The summed E-state index contributed by atoms with van der Waals surface area (Å²) < 4.78 is 0. The summed E-state index contributed by atoms with van der Waals surface area (Å²) in [6.45, 7) is 2.86. The molecule has 0 aromatic heterocycles. The van der Waals surface area contributed by atoms with E-state index >= 15 is 0 Å². The number of hydroxylamine groups is 2. The number of hydrogen-bond acceptors (Lipinski definition) is 1. The maximum Gasteiger partial charge on any atom is 0.0843 e. The summed E-state index contributed by atoms with van der Waals surface area (Å²) in [5.41, 5.74) is 0. The molecule has 1 fully saturated rings. The van der Waals surface area contributed by atoms with E-state index in [0.717, 1.165) is 19.4 Å². The predicted molar refractivity (Wildman–Crippen MR) is 32.5 cm³/mol. The summed E-state index contributed by atoms with van der Waals surface area (Å²) in [6, 6.07) is 0.365. The first-order valence-electron chi connectivity index (χ1n) is 3.33. The lowest BCUT2D eigenvalue weighted by atomic mass is 10.1. The molecule has 2 nitrogen and oxygen atoms in total. The number of rotatable bonds is 0. The van der Waals surface area contributed by atoms with Crippen molar-refractivity contribution in [2.24, 2.45) is 0 Å². The molecule has 0 amide bonds. The minimum absolute atomic E-state index is 0.365. The molecule has 0 radical (unpaired) electrons. The summed E-state index contributed by atoms with van der Waals surface area (Å²) in [5, 5.41) is 11.3. The average molecular weight is 115 g/mol. The molecule has 0 saturated carbocycles. The minimum Gasteiger partial charge on any atom is -0.634 e. The van der Waals surface area contributed by atoms with Gasteiger partial charge in [0.15, 0.2) is 0 Å². The van der Waals surface area contributed by atoms with E-state index in [-0.39, 0.29) is 0 Å². The number of quaternary nitrogens is 1.